The zero-order chi connectivity index (χ0) is 25.7. The highest BCUT2D eigenvalue weighted by molar-refractivity contribution is 6.25. The quantitative estimate of drug-likeness (QED) is 0.501. The van der Waals surface area contributed by atoms with Crippen LogP contribution in [-0.4, -0.2) is 37.5 Å². The SMILES string of the molecule is CC(C)c1ccc(C(C2C(=O)c3ccccc3N(C)C2=O)C2C(=O)c3ccccc3N(C)C2=O)cc1. The molecule has 36 heavy (non-hydrogen) atoms. The Morgan fingerprint density at radius 3 is 1.39 bits per heavy atom. The molecule has 3 aromatic carbocycles. The molecule has 6 heteroatoms. The van der Waals surface area contributed by atoms with Gasteiger partial charge in [0.05, 0.1) is 11.4 Å². The molecular weight excluding hydrogens is 452 g/mol. The van der Waals surface area contributed by atoms with Crippen LogP contribution in [0.2, 0.25) is 0 Å². The van der Waals surface area contributed by atoms with Gasteiger partial charge in [-0.05, 0) is 41.3 Å². The number of carbonyl (C=O) groups is 4. The van der Waals surface area contributed by atoms with Gasteiger partial charge in [0.2, 0.25) is 11.8 Å². The molecule has 2 unspecified atom stereocenters. The topological polar surface area (TPSA) is 74.8 Å². The van der Waals surface area contributed by atoms with Crippen molar-refractivity contribution in [3.63, 3.8) is 0 Å². The monoisotopic (exact) mass is 480 g/mol. The van der Waals surface area contributed by atoms with Crippen molar-refractivity contribution in [1.82, 2.24) is 0 Å². The van der Waals surface area contributed by atoms with Crippen molar-refractivity contribution in [3.05, 3.63) is 95.1 Å². The van der Waals surface area contributed by atoms with Crippen molar-refractivity contribution in [2.24, 2.45) is 11.8 Å². The van der Waals surface area contributed by atoms with Crippen LogP contribution in [0.3, 0.4) is 0 Å². The molecule has 0 saturated carbocycles. The molecule has 0 bridgehead atoms. The lowest BCUT2D eigenvalue weighted by molar-refractivity contribution is -0.124. The first-order chi connectivity index (χ1) is 17.2. The van der Waals surface area contributed by atoms with Crippen molar-refractivity contribution >= 4 is 34.8 Å². The van der Waals surface area contributed by atoms with Gasteiger partial charge in [0, 0.05) is 31.1 Å². The summed E-state index contributed by atoms with van der Waals surface area (Å²) < 4.78 is 0. The smallest absolute Gasteiger partial charge is 0.238 e. The number of fused-ring (bicyclic) bond motifs is 2. The standard InChI is InChI=1S/C30H28N2O4/c1-17(2)18-13-15-19(16-14-18)24(25-27(33)20-9-5-7-11-22(20)31(3)29(25)35)26-28(34)21-10-6-8-12-23(21)32(4)30(26)36/h5-17,24-26H,1-4H3. The highest BCUT2D eigenvalue weighted by atomic mass is 16.2. The molecule has 0 spiro atoms. The zero-order valence-electron chi connectivity index (χ0n) is 20.8. The van der Waals surface area contributed by atoms with Crippen LogP contribution in [0.1, 0.15) is 57.5 Å². The molecule has 3 aromatic rings. The van der Waals surface area contributed by atoms with E-state index in [1.807, 2.05) is 24.3 Å². The molecule has 0 aliphatic carbocycles. The first-order valence-corrected chi connectivity index (χ1v) is 12.1. The van der Waals surface area contributed by atoms with Crippen LogP contribution in [0, 0.1) is 11.8 Å². The summed E-state index contributed by atoms with van der Waals surface area (Å²) in [6.45, 7) is 4.15. The fraction of sp³-hybridized carbons (Fsp3) is 0.267. The van der Waals surface area contributed by atoms with Crippen LogP contribution in [-0.2, 0) is 9.59 Å². The predicted molar refractivity (Wildman–Crippen MR) is 139 cm³/mol. The number of rotatable bonds is 4. The third-order valence-corrected chi connectivity index (χ3v) is 7.53. The third kappa shape index (κ3) is 3.56. The van der Waals surface area contributed by atoms with E-state index in [0.717, 1.165) is 5.56 Å². The van der Waals surface area contributed by atoms with Gasteiger partial charge in [-0.25, -0.2) is 0 Å². The lowest BCUT2D eigenvalue weighted by Crippen LogP contribution is -2.52. The van der Waals surface area contributed by atoms with Gasteiger partial charge < -0.3 is 9.80 Å². The number of amides is 2. The largest absolute Gasteiger partial charge is 0.314 e. The molecule has 5 rings (SSSR count). The molecule has 2 aliphatic rings. The van der Waals surface area contributed by atoms with Gasteiger partial charge >= 0.3 is 0 Å². The van der Waals surface area contributed by atoms with Crippen LogP contribution in [0.15, 0.2) is 72.8 Å². The van der Waals surface area contributed by atoms with Crippen LogP contribution in [0.5, 0.6) is 0 Å². The van der Waals surface area contributed by atoms with Crippen molar-refractivity contribution in [2.45, 2.75) is 25.7 Å². The minimum absolute atomic E-state index is 0.282. The summed E-state index contributed by atoms with van der Waals surface area (Å²) in [6, 6.07) is 21.5. The molecule has 2 heterocycles. The molecule has 0 radical (unpaired) electrons. The van der Waals surface area contributed by atoms with Crippen LogP contribution < -0.4 is 9.80 Å². The minimum Gasteiger partial charge on any atom is -0.314 e. The zero-order valence-corrected chi connectivity index (χ0v) is 20.8. The Hall–Kier alpha value is -4.06. The summed E-state index contributed by atoms with van der Waals surface area (Å²) in [5, 5.41) is 0. The fourth-order valence-corrected chi connectivity index (χ4v) is 5.48. The molecule has 2 atom stereocenters. The van der Waals surface area contributed by atoms with E-state index in [1.54, 1.807) is 62.6 Å². The number of hydrogen-bond acceptors (Lipinski definition) is 4. The van der Waals surface area contributed by atoms with Crippen LogP contribution in [0.4, 0.5) is 11.4 Å². The Balaban J connectivity index is 1.71. The number of Topliss-reactive ketones (excluding diaryl/α,β-unsaturated/α-hetero) is 2. The fourth-order valence-electron chi connectivity index (χ4n) is 5.48. The van der Waals surface area contributed by atoms with E-state index in [0.29, 0.717) is 28.1 Å². The summed E-state index contributed by atoms with van der Waals surface area (Å²) in [5.41, 5.74) is 3.60. The summed E-state index contributed by atoms with van der Waals surface area (Å²) in [5.74, 6) is -4.64. The Labute approximate surface area is 210 Å². The molecule has 6 nitrogen and oxygen atoms in total. The van der Waals surface area contributed by atoms with E-state index in [2.05, 4.69) is 13.8 Å². The van der Waals surface area contributed by atoms with Gasteiger partial charge in [0.15, 0.2) is 11.6 Å². The predicted octanol–water partition coefficient (Wildman–Crippen LogP) is 4.84. The van der Waals surface area contributed by atoms with Crippen LogP contribution in [0.25, 0.3) is 0 Å². The minimum atomic E-state index is -1.20. The number of ketones is 2. The van der Waals surface area contributed by atoms with Crippen molar-refractivity contribution in [2.75, 3.05) is 23.9 Å². The normalized spacial score (nSPS) is 20.5. The Kier molecular flexibility index (Phi) is 5.83. The van der Waals surface area contributed by atoms with E-state index in [1.165, 1.54) is 9.80 Å². The summed E-state index contributed by atoms with van der Waals surface area (Å²) in [6.07, 6.45) is 0. The highest BCUT2D eigenvalue weighted by Gasteiger charge is 2.52. The number of hydrogen-bond donors (Lipinski definition) is 0. The number of nitrogens with zero attached hydrogens (tertiary/aromatic N) is 2. The van der Waals surface area contributed by atoms with Gasteiger partial charge in [0.25, 0.3) is 0 Å². The molecule has 0 aromatic heterocycles. The lowest BCUT2D eigenvalue weighted by atomic mass is 9.68. The highest BCUT2D eigenvalue weighted by Crippen LogP contribution is 2.45. The average molecular weight is 481 g/mol. The third-order valence-electron chi connectivity index (χ3n) is 7.53. The second kappa shape index (κ2) is 8.86. The number of para-hydroxylation sites is 2. The summed E-state index contributed by atoms with van der Waals surface area (Å²) in [4.78, 5) is 58.1. The second-order valence-electron chi connectivity index (χ2n) is 9.86. The maximum Gasteiger partial charge on any atom is 0.238 e. The Morgan fingerprint density at radius 1 is 0.583 bits per heavy atom. The van der Waals surface area contributed by atoms with Crippen LogP contribution >= 0.6 is 0 Å². The average Bonchev–Trinajstić information content (AvgIpc) is 2.90. The van der Waals surface area contributed by atoms with E-state index in [4.69, 9.17) is 0 Å². The number of anilines is 2. The first-order valence-electron chi connectivity index (χ1n) is 12.1. The Bertz CT molecular complexity index is 1310. The second-order valence-corrected chi connectivity index (χ2v) is 9.86. The van der Waals surface area contributed by atoms with Gasteiger partial charge in [0.1, 0.15) is 11.8 Å². The molecule has 0 saturated heterocycles. The summed E-state index contributed by atoms with van der Waals surface area (Å²) in [7, 11) is 3.26. The van der Waals surface area contributed by atoms with Crippen molar-refractivity contribution < 1.29 is 19.2 Å². The maximum absolute atomic E-state index is 13.9. The first kappa shape index (κ1) is 23.7. The van der Waals surface area contributed by atoms with Crippen molar-refractivity contribution in [3.8, 4) is 0 Å². The Morgan fingerprint density at radius 2 is 0.972 bits per heavy atom. The van der Waals surface area contributed by atoms with E-state index >= 15 is 0 Å². The number of carbonyl (C=O) groups excluding carboxylic acids is 4. The van der Waals surface area contributed by atoms with Gasteiger partial charge in [-0.3, -0.25) is 19.2 Å². The molecule has 0 fully saturated rings. The molecule has 2 aliphatic heterocycles. The van der Waals surface area contributed by atoms with Gasteiger partial charge in [-0.1, -0.05) is 62.4 Å². The maximum atomic E-state index is 13.9. The van der Waals surface area contributed by atoms with E-state index in [-0.39, 0.29) is 17.5 Å². The molecule has 0 N–H and O–H groups in total. The molecular formula is C30H28N2O4. The van der Waals surface area contributed by atoms with E-state index < -0.39 is 29.6 Å². The lowest BCUT2D eigenvalue weighted by Gasteiger charge is -2.40. The summed E-state index contributed by atoms with van der Waals surface area (Å²) >= 11 is 0. The number of benzene rings is 3. The molecule has 182 valence electrons. The van der Waals surface area contributed by atoms with Gasteiger partial charge in [-0.15, -0.1) is 0 Å². The van der Waals surface area contributed by atoms with E-state index in [9.17, 15) is 19.2 Å². The van der Waals surface area contributed by atoms with Crippen molar-refractivity contribution in [1.29, 1.82) is 0 Å². The molecule has 2 amide bonds. The van der Waals surface area contributed by atoms with Gasteiger partial charge in [-0.2, -0.15) is 0 Å².